The lowest BCUT2D eigenvalue weighted by Crippen LogP contribution is -2.43. The van der Waals surface area contributed by atoms with Crippen molar-refractivity contribution < 1.29 is 14.7 Å². The van der Waals surface area contributed by atoms with E-state index in [0.29, 0.717) is 9.36 Å². The van der Waals surface area contributed by atoms with Crippen LogP contribution in [-0.2, 0) is 9.59 Å². The summed E-state index contributed by atoms with van der Waals surface area (Å²) in [7, 11) is 0. The minimum Gasteiger partial charge on any atom is -0.480 e. The van der Waals surface area contributed by atoms with Gasteiger partial charge >= 0.3 is 5.97 Å². The van der Waals surface area contributed by atoms with Crippen LogP contribution in [0.4, 0.5) is 0 Å². The van der Waals surface area contributed by atoms with Crippen LogP contribution >= 0.6 is 47.3 Å². The number of nitrogens with one attached hydrogen (secondary N) is 1. The zero-order valence-corrected chi connectivity index (χ0v) is 17.1. The predicted octanol–water partition coefficient (Wildman–Crippen LogP) is 4.28. The lowest BCUT2D eigenvalue weighted by atomic mass is 10.1. The smallest absolute Gasteiger partial charge is 0.327 e. The van der Waals surface area contributed by atoms with E-state index < -0.39 is 23.2 Å². The number of thiol groups is 1. The van der Waals surface area contributed by atoms with E-state index in [1.807, 2.05) is 36.4 Å². The number of thioether (sulfide) groups is 1. The number of aliphatic carboxylic acids is 1. The summed E-state index contributed by atoms with van der Waals surface area (Å²) in [5.74, 6) is -1.51. The van der Waals surface area contributed by atoms with Gasteiger partial charge in [-0.05, 0) is 23.8 Å². The van der Waals surface area contributed by atoms with Crippen LogP contribution in [-0.4, -0.2) is 33.8 Å². The van der Waals surface area contributed by atoms with E-state index in [2.05, 4.69) is 22.9 Å². The van der Waals surface area contributed by atoms with Crippen LogP contribution in [0, 0.1) is 0 Å². The summed E-state index contributed by atoms with van der Waals surface area (Å²) in [6, 6.07) is 13.6. The van der Waals surface area contributed by atoms with Crippen LogP contribution in [0.15, 0.2) is 52.9 Å². The summed E-state index contributed by atoms with van der Waals surface area (Å²) in [6.45, 7) is 0. The van der Waals surface area contributed by atoms with E-state index in [0.717, 1.165) is 15.8 Å². The van der Waals surface area contributed by atoms with Crippen LogP contribution in [0.1, 0.15) is 10.8 Å². The highest BCUT2D eigenvalue weighted by Gasteiger charge is 2.27. The molecule has 2 aromatic carbocycles. The molecule has 1 amide bonds. The van der Waals surface area contributed by atoms with E-state index in [1.165, 1.54) is 23.1 Å². The van der Waals surface area contributed by atoms with E-state index in [4.69, 9.17) is 11.6 Å². The molecule has 0 radical (unpaired) electrons. The molecule has 0 aliphatic heterocycles. The summed E-state index contributed by atoms with van der Waals surface area (Å²) in [4.78, 5) is 28.6. The zero-order valence-electron chi connectivity index (χ0n) is 13.8. The third-order valence-corrected chi connectivity index (χ3v) is 6.67. The van der Waals surface area contributed by atoms with Gasteiger partial charge in [0.25, 0.3) is 0 Å². The lowest BCUT2D eigenvalue weighted by Gasteiger charge is -2.18. The fraction of sp³-hybridized carbons (Fsp3) is 0.167. The molecule has 0 aliphatic carbocycles. The molecule has 3 aromatic rings. The van der Waals surface area contributed by atoms with Crippen LogP contribution in [0.3, 0.4) is 0 Å². The minimum absolute atomic E-state index is 0.00683. The number of fused-ring (bicyclic) bond motifs is 1. The number of amides is 1. The molecule has 1 heterocycles. The van der Waals surface area contributed by atoms with Gasteiger partial charge in [0, 0.05) is 10.8 Å². The number of carboxylic acid groups (broad SMARTS) is 1. The van der Waals surface area contributed by atoms with Gasteiger partial charge in [-0.15, -0.1) is 11.3 Å². The number of aromatic nitrogens is 1. The molecule has 9 heteroatoms. The second-order valence-electron chi connectivity index (χ2n) is 5.58. The second-order valence-corrected chi connectivity index (χ2v) is 8.77. The van der Waals surface area contributed by atoms with Crippen molar-refractivity contribution in [1.29, 1.82) is 0 Å². The number of carbonyl (C=O) groups is 2. The molecule has 2 N–H and O–H groups in total. The molecule has 0 spiro atoms. The normalized spacial score (nSPS) is 13.3. The number of benzene rings is 2. The van der Waals surface area contributed by atoms with Crippen molar-refractivity contribution >= 4 is 69.4 Å². The largest absolute Gasteiger partial charge is 0.480 e. The average molecular weight is 439 g/mol. The molecule has 0 aliphatic rings. The third-order valence-electron chi connectivity index (χ3n) is 3.69. The number of thiazole rings is 1. The Kier molecular flexibility index (Phi) is 6.64. The van der Waals surface area contributed by atoms with Crippen LogP contribution < -0.4 is 5.32 Å². The maximum atomic E-state index is 12.8. The summed E-state index contributed by atoms with van der Waals surface area (Å²) < 4.78 is 1.67. The molecule has 140 valence electrons. The molecule has 2 atom stereocenters. The van der Waals surface area contributed by atoms with Crippen molar-refractivity contribution in [3.8, 4) is 0 Å². The SMILES string of the molecule is O=C(O)C(CS)NC(=O)C(Sc1nc2cc(Cl)ccc2s1)c1ccccc1. The summed E-state index contributed by atoms with van der Waals surface area (Å²) >= 11 is 12.8. The Bertz CT molecular complexity index is 965. The fourth-order valence-electron chi connectivity index (χ4n) is 2.36. The molecule has 2 unspecified atom stereocenters. The first-order chi connectivity index (χ1) is 13.0. The first-order valence-corrected chi connectivity index (χ1v) is 10.6. The van der Waals surface area contributed by atoms with Gasteiger partial charge < -0.3 is 10.4 Å². The van der Waals surface area contributed by atoms with Crippen molar-refractivity contribution in [2.24, 2.45) is 0 Å². The number of hydrogen-bond acceptors (Lipinski definition) is 6. The number of rotatable bonds is 7. The highest BCUT2D eigenvalue weighted by Crippen LogP contribution is 2.39. The monoisotopic (exact) mass is 438 g/mol. The predicted molar refractivity (Wildman–Crippen MR) is 113 cm³/mol. The molecule has 1 aromatic heterocycles. The number of hydrogen-bond donors (Lipinski definition) is 3. The maximum absolute atomic E-state index is 12.8. The number of nitrogens with zero attached hydrogens (tertiary/aromatic N) is 1. The topological polar surface area (TPSA) is 79.3 Å². The Hall–Kier alpha value is -1.74. The highest BCUT2D eigenvalue weighted by atomic mass is 35.5. The van der Waals surface area contributed by atoms with Gasteiger partial charge in [-0.1, -0.05) is 53.7 Å². The molecule has 0 saturated carbocycles. The molecular formula is C18H15ClN2O3S3. The summed E-state index contributed by atoms with van der Waals surface area (Å²) in [5, 5.41) is 11.7. The number of halogens is 1. The van der Waals surface area contributed by atoms with Crippen molar-refractivity contribution in [1.82, 2.24) is 10.3 Å². The van der Waals surface area contributed by atoms with Gasteiger partial charge in [0.1, 0.15) is 11.3 Å². The maximum Gasteiger partial charge on any atom is 0.327 e. The number of carboxylic acids is 1. The van der Waals surface area contributed by atoms with Gasteiger partial charge in [-0.3, -0.25) is 4.79 Å². The van der Waals surface area contributed by atoms with Gasteiger partial charge in [0.05, 0.1) is 10.2 Å². The van der Waals surface area contributed by atoms with Gasteiger partial charge in [-0.25, -0.2) is 9.78 Å². The van der Waals surface area contributed by atoms with Gasteiger partial charge in [-0.2, -0.15) is 12.6 Å². The van der Waals surface area contributed by atoms with Crippen molar-refractivity contribution in [3.05, 3.63) is 59.1 Å². The lowest BCUT2D eigenvalue weighted by molar-refractivity contribution is -0.141. The first-order valence-electron chi connectivity index (χ1n) is 7.89. The van der Waals surface area contributed by atoms with Crippen molar-refractivity contribution in [2.45, 2.75) is 15.6 Å². The Morgan fingerprint density at radius 2 is 2.00 bits per heavy atom. The minimum atomic E-state index is -1.12. The standard InChI is InChI=1S/C18H15ClN2O3S3/c19-11-6-7-14-12(8-11)21-18(26-14)27-15(10-4-2-1-3-5-10)16(22)20-13(9-25)17(23)24/h1-8,13,15,25H,9H2,(H,20,22)(H,23,24). The van der Waals surface area contributed by atoms with E-state index in [9.17, 15) is 14.7 Å². The van der Waals surface area contributed by atoms with E-state index >= 15 is 0 Å². The third kappa shape index (κ3) is 4.95. The molecule has 27 heavy (non-hydrogen) atoms. The van der Waals surface area contributed by atoms with E-state index in [1.54, 1.807) is 12.1 Å². The van der Waals surface area contributed by atoms with Crippen molar-refractivity contribution in [3.63, 3.8) is 0 Å². The van der Waals surface area contributed by atoms with Crippen LogP contribution in [0.5, 0.6) is 0 Å². The zero-order chi connectivity index (χ0) is 19.4. The molecular weight excluding hydrogens is 424 g/mol. The quantitative estimate of drug-likeness (QED) is 0.379. The van der Waals surface area contributed by atoms with Gasteiger partial charge in [0.2, 0.25) is 5.91 Å². The average Bonchev–Trinajstić information content (AvgIpc) is 3.06. The fourth-order valence-corrected chi connectivity index (χ4v) is 5.03. The van der Waals surface area contributed by atoms with E-state index in [-0.39, 0.29) is 5.75 Å². The molecule has 0 bridgehead atoms. The second kappa shape index (κ2) is 8.97. The van der Waals surface area contributed by atoms with Crippen molar-refractivity contribution in [2.75, 3.05) is 5.75 Å². The number of carbonyl (C=O) groups excluding carboxylic acids is 1. The Labute approximate surface area is 174 Å². The first kappa shape index (κ1) is 20.0. The Balaban J connectivity index is 1.89. The van der Waals surface area contributed by atoms with Gasteiger partial charge in [0.15, 0.2) is 4.34 Å². The highest BCUT2D eigenvalue weighted by molar-refractivity contribution is 8.02. The molecule has 3 rings (SSSR count). The summed E-state index contributed by atoms with van der Waals surface area (Å²) in [5.41, 5.74) is 1.53. The molecule has 0 saturated heterocycles. The summed E-state index contributed by atoms with van der Waals surface area (Å²) in [6.07, 6.45) is 0. The Morgan fingerprint density at radius 1 is 1.26 bits per heavy atom. The van der Waals surface area contributed by atoms with Crippen LogP contribution in [0.2, 0.25) is 5.02 Å². The Morgan fingerprint density at radius 3 is 2.67 bits per heavy atom. The van der Waals surface area contributed by atoms with Crippen LogP contribution in [0.25, 0.3) is 10.2 Å². The molecule has 0 fully saturated rings. The molecule has 5 nitrogen and oxygen atoms in total.